The quantitative estimate of drug-likeness (QED) is 0.315. The maximum atomic E-state index is 15.4. The summed E-state index contributed by atoms with van der Waals surface area (Å²) in [4.78, 5) is 14.8. The Hall–Kier alpha value is -4.20. The summed E-state index contributed by atoms with van der Waals surface area (Å²) in [5.41, 5.74) is 8.87. The Kier molecular flexibility index (Phi) is 5.25. The van der Waals surface area contributed by atoms with Gasteiger partial charge < -0.3 is 14.6 Å². The number of H-pyrrole nitrogens is 1. The Bertz CT molecular complexity index is 1660. The van der Waals surface area contributed by atoms with E-state index in [4.69, 9.17) is 19.8 Å². The van der Waals surface area contributed by atoms with Crippen LogP contribution in [0.3, 0.4) is 0 Å². The monoisotopic (exact) mass is 508 g/mol. The molecule has 0 amide bonds. The molecule has 0 radical (unpaired) electrons. The second kappa shape index (κ2) is 8.68. The molecule has 3 aromatic heterocycles. The molecule has 0 bridgehead atoms. The number of rotatable bonds is 5. The van der Waals surface area contributed by atoms with Crippen molar-refractivity contribution in [3.63, 3.8) is 0 Å². The molecule has 2 aromatic carbocycles. The summed E-state index contributed by atoms with van der Waals surface area (Å²) in [6, 6.07) is 9.79. The summed E-state index contributed by atoms with van der Waals surface area (Å²) in [6.45, 7) is 5.55. The van der Waals surface area contributed by atoms with Gasteiger partial charge >= 0.3 is 0 Å². The highest BCUT2D eigenvalue weighted by atomic mass is 19.1. The number of methoxy groups -OCH3 is 1. The molecule has 2 aliphatic rings. The van der Waals surface area contributed by atoms with E-state index in [1.54, 1.807) is 6.07 Å². The molecule has 1 aliphatic carbocycles. The van der Waals surface area contributed by atoms with Crippen molar-refractivity contribution in [3.8, 4) is 22.7 Å². The third kappa shape index (κ3) is 3.58. The first-order valence-electron chi connectivity index (χ1n) is 13.1. The Balaban J connectivity index is 1.42. The first kappa shape index (κ1) is 23.0. The number of ether oxygens (including phenoxy) is 1. The van der Waals surface area contributed by atoms with Crippen LogP contribution in [-0.4, -0.2) is 38.4 Å². The van der Waals surface area contributed by atoms with Crippen molar-refractivity contribution in [1.29, 1.82) is 0 Å². The average Bonchev–Trinajstić information content (AvgIpc) is 3.54. The molecule has 0 spiro atoms. The number of hydrogen-bond donors (Lipinski definition) is 1. The number of aromatic nitrogens is 5. The minimum atomic E-state index is -0.410. The fraction of sp³-hybridized carbons (Fsp3) is 0.300. The SMILES string of the molecule is COc1c(F)cc(-c2c3c(nn2-c2c(C)cccc2C)CCN(c2ncc(C4CC4)cn2)C3)c2cc[nH]c12. The minimum Gasteiger partial charge on any atom is -0.492 e. The molecule has 7 nitrogen and oxygen atoms in total. The first-order chi connectivity index (χ1) is 18.5. The van der Waals surface area contributed by atoms with Gasteiger partial charge in [-0.1, -0.05) is 18.2 Å². The van der Waals surface area contributed by atoms with Gasteiger partial charge in [0.2, 0.25) is 5.95 Å². The van der Waals surface area contributed by atoms with Crippen molar-refractivity contribution >= 4 is 16.9 Å². The van der Waals surface area contributed by atoms with Crippen LogP contribution in [0.4, 0.5) is 10.3 Å². The molecule has 1 aliphatic heterocycles. The Morgan fingerprint density at radius 3 is 2.55 bits per heavy atom. The summed E-state index contributed by atoms with van der Waals surface area (Å²) in [6.07, 6.45) is 8.97. The summed E-state index contributed by atoms with van der Waals surface area (Å²) >= 11 is 0. The number of para-hydroxylation sites is 1. The van der Waals surface area contributed by atoms with E-state index >= 15 is 4.39 Å². The number of nitrogens with one attached hydrogen (secondary N) is 1. The molecular weight excluding hydrogens is 479 g/mol. The number of hydrogen-bond acceptors (Lipinski definition) is 5. The second-order valence-corrected chi connectivity index (χ2v) is 10.4. The lowest BCUT2D eigenvalue weighted by atomic mass is 9.97. The number of aromatic amines is 1. The van der Waals surface area contributed by atoms with Crippen LogP contribution in [0.5, 0.6) is 5.75 Å². The molecule has 192 valence electrons. The summed E-state index contributed by atoms with van der Waals surface area (Å²) in [7, 11) is 1.49. The molecule has 0 atom stereocenters. The van der Waals surface area contributed by atoms with Gasteiger partial charge in [-0.15, -0.1) is 0 Å². The predicted octanol–water partition coefficient (Wildman–Crippen LogP) is 6.02. The van der Waals surface area contributed by atoms with Crippen molar-refractivity contribution in [2.45, 2.75) is 45.6 Å². The van der Waals surface area contributed by atoms with Crippen LogP contribution in [0.2, 0.25) is 0 Å². The molecule has 4 heterocycles. The van der Waals surface area contributed by atoms with Gasteiger partial charge in [0, 0.05) is 54.6 Å². The van der Waals surface area contributed by atoms with Crippen molar-refractivity contribution in [1.82, 2.24) is 24.7 Å². The fourth-order valence-corrected chi connectivity index (χ4v) is 5.81. The van der Waals surface area contributed by atoms with Crippen molar-refractivity contribution in [2.24, 2.45) is 0 Å². The van der Waals surface area contributed by atoms with Crippen molar-refractivity contribution < 1.29 is 9.13 Å². The molecule has 7 rings (SSSR count). The summed E-state index contributed by atoms with van der Waals surface area (Å²) < 4.78 is 22.8. The Morgan fingerprint density at radius 1 is 1.08 bits per heavy atom. The van der Waals surface area contributed by atoms with Gasteiger partial charge in [0.1, 0.15) is 0 Å². The maximum Gasteiger partial charge on any atom is 0.225 e. The van der Waals surface area contributed by atoms with E-state index in [-0.39, 0.29) is 5.75 Å². The van der Waals surface area contributed by atoms with E-state index in [0.29, 0.717) is 18.0 Å². The molecule has 38 heavy (non-hydrogen) atoms. The first-order valence-corrected chi connectivity index (χ1v) is 13.1. The number of fused-ring (bicyclic) bond motifs is 2. The van der Waals surface area contributed by atoms with E-state index in [1.165, 1.54) is 25.5 Å². The van der Waals surface area contributed by atoms with E-state index in [1.807, 2.05) is 29.3 Å². The van der Waals surface area contributed by atoms with Gasteiger partial charge in [-0.2, -0.15) is 5.10 Å². The second-order valence-electron chi connectivity index (χ2n) is 10.4. The van der Waals surface area contributed by atoms with Crippen molar-refractivity contribution in [3.05, 3.63) is 82.7 Å². The lowest BCUT2D eigenvalue weighted by Crippen LogP contribution is -2.31. The fourth-order valence-electron chi connectivity index (χ4n) is 5.81. The van der Waals surface area contributed by atoms with Gasteiger partial charge in [-0.3, -0.25) is 0 Å². The van der Waals surface area contributed by atoms with Gasteiger partial charge in [0.05, 0.1) is 29.7 Å². The number of aryl methyl sites for hydroxylation is 2. The molecule has 0 unspecified atom stereocenters. The van der Waals surface area contributed by atoms with Gasteiger partial charge in [-0.25, -0.2) is 19.0 Å². The molecular formula is C30H29FN6O. The molecule has 8 heteroatoms. The molecule has 1 saturated carbocycles. The van der Waals surface area contributed by atoms with Crippen molar-refractivity contribution in [2.75, 3.05) is 18.6 Å². The average molecular weight is 509 g/mol. The highest BCUT2D eigenvalue weighted by Crippen LogP contribution is 2.42. The minimum absolute atomic E-state index is 0.214. The van der Waals surface area contributed by atoms with Crippen LogP contribution in [0, 0.1) is 19.7 Å². The maximum absolute atomic E-state index is 15.4. The number of benzene rings is 2. The lowest BCUT2D eigenvalue weighted by Gasteiger charge is -2.27. The predicted molar refractivity (Wildman–Crippen MR) is 146 cm³/mol. The largest absolute Gasteiger partial charge is 0.492 e. The van der Waals surface area contributed by atoms with Gasteiger partial charge in [-0.05, 0) is 61.4 Å². The van der Waals surface area contributed by atoms with E-state index in [0.717, 1.165) is 63.6 Å². The summed E-state index contributed by atoms with van der Waals surface area (Å²) in [5.74, 6) is 1.14. The number of anilines is 1. The smallest absolute Gasteiger partial charge is 0.225 e. The third-order valence-electron chi connectivity index (χ3n) is 7.89. The van der Waals surface area contributed by atoms with Gasteiger partial charge in [0.25, 0.3) is 0 Å². The Morgan fingerprint density at radius 2 is 1.84 bits per heavy atom. The molecule has 1 fully saturated rings. The highest BCUT2D eigenvalue weighted by molar-refractivity contribution is 5.99. The summed E-state index contributed by atoms with van der Waals surface area (Å²) in [5, 5.41) is 6.03. The zero-order valence-electron chi connectivity index (χ0n) is 21.8. The zero-order chi connectivity index (χ0) is 26.0. The Labute approximate surface area is 220 Å². The molecule has 0 saturated heterocycles. The standard InChI is InChI=1S/C30H29FN6O/c1-17-5-4-6-18(2)27(17)37-28(22-13-24(31)29(38-3)26-21(22)9-11-32-26)23-16-36(12-10-25(23)35-37)30-33-14-20(15-34-30)19-7-8-19/h4-6,9,11,13-15,19,32H,7-8,10,12,16H2,1-3H3. The zero-order valence-corrected chi connectivity index (χ0v) is 21.8. The topological polar surface area (TPSA) is 71.9 Å². The van der Waals surface area contributed by atoms with Crippen LogP contribution in [-0.2, 0) is 13.0 Å². The van der Waals surface area contributed by atoms with E-state index in [2.05, 4.69) is 41.9 Å². The van der Waals surface area contributed by atoms with Crippen LogP contribution < -0.4 is 9.64 Å². The third-order valence-corrected chi connectivity index (χ3v) is 7.89. The number of halogens is 1. The molecule has 1 N–H and O–H groups in total. The van der Waals surface area contributed by atoms with Gasteiger partial charge in [0.15, 0.2) is 11.6 Å². The molecule has 5 aromatic rings. The van der Waals surface area contributed by atoms with Crippen LogP contribution in [0.1, 0.15) is 46.7 Å². The highest BCUT2D eigenvalue weighted by Gasteiger charge is 2.31. The number of nitrogens with zero attached hydrogens (tertiary/aromatic N) is 5. The normalized spacial score (nSPS) is 15.2. The van der Waals surface area contributed by atoms with Crippen LogP contribution in [0.15, 0.2) is 48.9 Å². The van der Waals surface area contributed by atoms with E-state index in [9.17, 15) is 0 Å². The van der Waals surface area contributed by atoms with Crippen LogP contribution in [0.25, 0.3) is 27.8 Å². The van der Waals surface area contributed by atoms with E-state index < -0.39 is 5.82 Å². The van der Waals surface area contributed by atoms with Crippen LogP contribution >= 0.6 is 0 Å². The lowest BCUT2D eigenvalue weighted by molar-refractivity contribution is 0.391.